The highest BCUT2D eigenvalue weighted by molar-refractivity contribution is 6.00. The van der Waals surface area contributed by atoms with Gasteiger partial charge in [0, 0.05) is 37.0 Å². The molecule has 1 aromatic heterocycles. The summed E-state index contributed by atoms with van der Waals surface area (Å²) in [5.41, 5.74) is 3.62. The predicted molar refractivity (Wildman–Crippen MR) is 196 cm³/mol. The van der Waals surface area contributed by atoms with Gasteiger partial charge < -0.3 is 50.8 Å². The first-order valence-corrected chi connectivity index (χ1v) is 15.7. The molecule has 0 saturated carbocycles. The number of carbonyl (C=O) groups excluding carboxylic acids is 2. The second-order valence-electron chi connectivity index (χ2n) is 10.7. The molecule has 4 aromatic rings. The molecular weight excluding hydrogens is 748 g/mol. The molecule has 55 heavy (non-hydrogen) atoms. The summed E-state index contributed by atoms with van der Waals surface area (Å²) in [5.74, 6) is -1.66. The minimum atomic E-state index is -5.08. The number of carbonyl (C=O) groups is 3. The number of alkyl carbamates (subject to hydrolysis) is 1. The number of halogens is 6. The zero-order valence-electron chi connectivity index (χ0n) is 30.1. The Hall–Kier alpha value is -5.86. The number of ether oxygens (including phenoxy) is 2. The average molecular weight is 796 g/mol. The Morgan fingerprint density at radius 1 is 0.909 bits per heavy atom. The summed E-state index contributed by atoms with van der Waals surface area (Å²) < 4.78 is 48.4. The maximum absolute atomic E-state index is 12.8. The van der Waals surface area contributed by atoms with E-state index in [0.717, 1.165) is 42.7 Å². The Bertz CT molecular complexity index is 1670. The van der Waals surface area contributed by atoms with Gasteiger partial charge in [-0.2, -0.15) is 13.2 Å². The topological polar surface area (TPSA) is 218 Å². The number of carboxylic acid groups (broad SMARTS) is 1. The number of aromatic nitrogens is 1. The van der Waals surface area contributed by atoms with Crippen LogP contribution < -0.4 is 20.7 Å². The number of carboxylic acids is 1. The average Bonchev–Trinajstić information content (AvgIpc) is 3.64. The van der Waals surface area contributed by atoms with Crippen LogP contribution in [0.2, 0.25) is 0 Å². The van der Waals surface area contributed by atoms with E-state index in [0.29, 0.717) is 29.3 Å². The molecule has 0 radical (unpaired) electrons. The van der Waals surface area contributed by atoms with Crippen molar-refractivity contribution in [3.63, 3.8) is 0 Å². The van der Waals surface area contributed by atoms with E-state index in [1.165, 1.54) is 6.39 Å². The molecule has 0 bridgehead atoms. The van der Waals surface area contributed by atoms with Gasteiger partial charge in [0.25, 0.3) is 0 Å². The molecule has 0 spiro atoms. The van der Waals surface area contributed by atoms with E-state index in [4.69, 9.17) is 23.8 Å². The lowest BCUT2D eigenvalue weighted by Gasteiger charge is -2.24. The smallest absolute Gasteiger partial charge is 0.490 e. The van der Waals surface area contributed by atoms with Crippen LogP contribution in [0.25, 0.3) is 11.3 Å². The van der Waals surface area contributed by atoms with Gasteiger partial charge in [-0.15, -0.1) is 0 Å². The van der Waals surface area contributed by atoms with Crippen LogP contribution in [-0.2, 0) is 16.1 Å². The number of urea groups is 1. The third kappa shape index (κ3) is 18.2. The molecule has 1 atom stereocenters. The summed E-state index contributed by atoms with van der Waals surface area (Å²) in [4.78, 5) is 40.7. The third-order valence-corrected chi connectivity index (χ3v) is 7.14. The second kappa shape index (κ2) is 26.8. The van der Waals surface area contributed by atoms with Crippen molar-refractivity contribution < 1.29 is 71.6 Å². The zero-order valence-corrected chi connectivity index (χ0v) is 30.1. The van der Waals surface area contributed by atoms with Gasteiger partial charge in [-0.05, 0) is 54.9 Å². The van der Waals surface area contributed by atoms with E-state index >= 15 is 0 Å². The Balaban J connectivity index is -0.00000206. The Morgan fingerprint density at radius 3 is 2.09 bits per heavy atom. The molecule has 0 aliphatic rings. The third-order valence-electron chi connectivity index (χ3n) is 7.14. The highest BCUT2D eigenvalue weighted by Crippen LogP contribution is 2.32. The minimum absolute atomic E-state index is 0. The molecule has 20 heteroatoms. The SMILES string of the molecule is CCCN(CC)CCC(OC(=O)NCc1cccc(NC(=O)Nc2ccc(-c3cnco3)c(OC)c2)c1)c1ccccc1.F.F.F.O.O.O=C(O)C(F)(F)F. The number of oxazole rings is 1. The van der Waals surface area contributed by atoms with Gasteiger partial charge >= 0.3 is 24.3 Å². The number of methoxy groups -OCH3 is 1. The van der Waals surface area contributed by atoms with Crippen molar-refractivity contribution in [3.8, 4) is 17.1 Å². The summed E-state index contributed by atoms with van der Waals surface area (Å²) in [7, 11) is 1.55. The van der Waals surface area contributed by atoms with Crippen LogP contribution in [0.5, 0.6) is 5.75 Å². The summed E-state index contributed by atoms with van der Waals surface area (Å²) in [6.07, 6.45) is -1.21. The Morgan fingerprint density at radius 2 is 1.55 bits per heavy atom. The molecule has 0 fully saturated rings. The van der Waals surface area contributed by atoms with Crippen molar-refractivity contribution in [2.75, 3.05) is 37.4 Å². The van der Waals surface area contributed by atoms with E-state index in [9.17, 15) is 22.8 Å². The monoisotopic (exact) mass is 795 g/mol. The fourth-order valence-electron chi connectivity index (χ4n) is 4.72. The first kappa shape index (κ1) is 53.5. The van der Waals surface area contributed by atoms with Crippen molar-refractivity contribution in [3.05, 3.63) is 96.5 Å². The number of alkyl halides is 3. The number of nitrogens with zero attached hydrogens (tertiary/aromatic N) is 2. The molecule has 1 unspecified atom stereocenters. The van der Waals surface area contributed by atoms with Gasteiger partial charge in [0.2, 0.25) is 0 Å². The standard InChI is InChI=1S/C33H39N5O5.C2HF3O2.3FH.2H2O/c1-4-17-38(5-2)18-16-29(25-11-7-6-8-12-25)43-33(40)35-21-24-10-9-13-26(19-24)36-32(39)37-27-14-15-28(30(20-27)41-3)31-22-34-23-42-31;3-2(4,5)1(6)7;;;;;/h6-15,19-20,22-23,29H,4-5,16-18,21H2,1-3H3,(H,35,40)(H2,36,37,39);(H,6,7);3*1H;2*1H2. The van der Waals surface area contributed by atoms with Gasteiger partial charge in [-0.1, -0.05) is 56.3 Å². The molecule has 0 aliphatic carbocycles. The fraction of sp³-hybridized carbons (Fsp3) is 0.314. The minimum Gasteiger partial charge on any atom is -0.496 e. The highest BCUT2D eigenvalue weighted by atomic mass is 19.4. The molecule has 308 valence electrons. The van der Waals surface area contributed by atoms with Crippen molar-refractivity contribution in [1.29, 1.82) is 0 Å². The second-order valence-corrected chi connectivity index (χ2v) is 10.7. The first-order chi connectivity index (χ1) is 23.9. The molecular formula is C35H47F6N5O9. The van der Waals surface area contributed by atoms with Crippen LogP contribution in [-0.4, -0.2) is 77.0 Å². The lowest BCUT2D eigenvalue weighted by molar-refractivity contribution is -0.192. The molecule has 14 nitrogen and oxygen atoms in total. The first-order valence-electron chi connectivity index (χ1n) is 15.7. The lowest BCUT2D eigenvalue weighted by atomic mass is 10.1. The molecule has 0 aliphatic heterocycles. The maximum Gasteiger partial charge on any atom is 0.490 e. The number of aliphatic carboxylic acids is 1. The van der Waals surface area contributed by atoms with Gasteiger partial charge in [0.05, 0.1) is 18.9 Å². The summed E-state index contributed by atoms with van der Waals surface area (Å²) in [6, 6.07) is 21.9. The van der Waals surface area contributed by atoms with Gasteiger partial charge in [-0.3, -0.25) is 14.1 Å². The Kier molecular flexibility index (Phi) is 26.1. The van der Waals surface area contributed by atoms with Crippen LogP contribution in [0.3, 0.4) is 0 Å². The number of nitrogens with one attached hydrogen (secondary N) is 3. The summed E-state index contributed by atoms with van der Waals surface area (Å²) in [5, 5.41) is 15.6. The van der Waals surface area contributed by atoms with Gasteiger partial charge in [-0.25, -0.2) is 19.4 Å². The molecule has 8 N–H and O–H groups in total. The molecule has 3 amide bonds. The molecule has 0 saturated heterocycles. The summed E-state index contributed by atoms with van der Waals surface area (Å²) >= 11 is 0. The molecule has 4 rings (SSSR count). The maximum atomic E-state index is 12.8. The van der Waals surface area contributed by atoms with E-state index in [1.807, 2.05) is 42.5 Å². The normalized spacial score (nSPS) is 10.5. The fourth-order valence-corrected chi connectivity index (χ4v) is 4.72. The van der Waals surface area contributed by atoms with Crippen LogP contribution >= 0.6 is 0 Å². The summed E-state index contributed by atoms with van der Waals surface area (Å²) in [6.45, 7) is 7.35. The number of hydrogen-bond donors (Lipinski definition) is 4. The van der Waals surface area contributed by atoms with Crippen molar-refractivity contribution in [2.45, 2.75) is 45.5 Å². The zero-order chi connectivity index (χ0) is 36.5. The lowest BCUT2D eigenvalue weighted by Crippen LogP contribution is -2.29. The Labute approximate surface area is 312 Å². The number of anilines is 2. The number of rotatable bonds is 14. The largest absolute Gasteiger partial charge is 0.496 e. The quantitative estimate of drug-likeness (QED) is 0.102. The van der Waals surface area contributed by atoms with Crippen molar-refractivity contribution in [2.24, 2.45) is 0 Å². The molecule has 3 aromatic carbocycles. The van der Waals surface area contributed by atoms with Crippen LogP contribution in [0.1, 0.15) is 43.9 Å². The van der Waals surface area contributed by atoms with Crippen molar-refractivity contribution in [1.82, 2.24) is 15.2 Å². The predicted octanol–water partition coefficient (Wildman–Crippen LogP) is 6.53. The van der Waals surface area contributed by atoms with E-state index < -0.39 is 24.3 Å². The van der Waals surface area contributed by atoms with E-state index in [2.05, 4.69) is 39.7 Å². The number of amides is 3. The van der Waals surface area contributed by atoms with Gasteiger partial charge in [0.15, 0.2) is 12.2 Å². The highest BCUT2D eigenvalue weighted by Gasteiger charge is 2.38. The van der Waals surface area contributed by atoms with Crippen LogP contribution in [0.4, 0.5) is 48.2 Å². The van der Waals surface area contributed by atoms with Gasteiger partial charge in [0.1, 0.15) is 11.9 Å². The molecule has 1 heterocycles. The number of benzene rings is 3. The van der Waals surface area contributed by atoms with Crippen LogP contribution in [0, 0.1) is 0 Å². The van der Waals surface area contributed by atoms with E-state index in [1.54, 1.807) is 43.6 Å². The van der Waals surface area contributed by atoms with E-state index in [-0.39, 0.29) is 37.7 Å². The van der Waals surface area contributed by atoms with Crippen LogP contribution in [0.15, 0.2) is 89.8 Å². The number of hydrogen-bond acceptors (Lipinski definition) is 8. The van der Waals surface area contributed by atoms with Crippen molar-refractivity contribution >= 4 is 29.5 Å².